The van der Waals surface area contributed by atoms with Crippen LogP contribution in [-0.4, -0.2) is 29.4 Å². The molecule has 0 saturated heterocycles. The Kier molecular flexibility index (Phi) is 13.2. The Hall–Kier alpha value is -0.130. The molecule has 0 rings (SSSR count). The van der Waals surface area contributed by atoms with Crippen LogP contribution in [0.25, 0.3) is 0 Å². The molecule has 0 fully saturated rings. The minimum atomic E-state index is -3.96. The quantitative estimate of drug-likeness (QED) is 0.335. The van der Waals surface area contributed by atoms with Gasteiger partial charge in [-0.1, -0.05) is 71.6 Å². The molecule has 0 aromatic rings. The van der Waals surface area contributed by atoms with Gasteiger partial charge >= 0.3 is 0 Å². The number of aliphatic hydroxyl groups excluding tert-OH is 1. The van der Waals surface area contributed by atoms with Crippen molar-refractivity contribution in [2.45, 2.75) is 109 Å². The lowest BCUT2D eigenvalue weighted by atomic mass is 10.0. The number of unbranched alkanes of at least 4 members (excludes halogenated alkanes) is 8. The molecule has 0 aromatic carbocycles. The largest absolute Gasteiger partial charge is 0.393 e. The van der Waals surface area contributed by atoms with Crippen LogP contribution in [0, 0.1) is 0 Å². The summed E-state index contributed by atoms with van der Waals surface area (Å²) in [5.74, 6) is 0. The number of rotatable bonds is 15. The summed E-state index contributed by atoms with van der Waals surface area (Å²) >= 11 is 0. The van der Waals surface area contributed by atoms with Gasteiger partial charge in [0.1, 0.15) is 0 Å². The van der Waals surface area contributed by atoms with E-state index in [1.54, 1.807) is 6.92 Å². The minimum Gasteiger partial charge on any atom is -0.393 e. The molecule has 0 spiro atoms. The number of hydrogen-bond acceptors (Lipinski definition) is 3. The Balaban J connectivity index is 3.52. The van der Waals surface area contributed by atoms with E-state index < -0.39 is 21.5 Å². The van der Waals surface area contributed by atoms with E-state index >= 15 is 0 Å². The lowest BCUT2D eigenvalue weighted by Gasteiger charge is -2.14. The van der Waals surface area contributed by atoms with Gasteiger partial charge in [-0.15, -0.1) is 0 Å². The lowest BCUT2D eigenvalue weighted by molar-refractivity contribution is 0.147. The van der Waals surface area contributed by atoms with Crippen LogP contribution in [0.4, 0.5) is 0 Å². The van der Waals surface area contributed by atoms with Crippen LogP contribution < -0.4 is 0 Å². The maximum absolute atomic E-state index is 11.1. The Bertz CT molecular complexity index is 341. The van der Waals surface area contributed by atoms with Crippen molar-refractivity contribution in [2.24, 2.45) is 0 Å². The number of hydrogen-bond donors (Lipinski definition) is 2. The van der Waals surface area contributed by atoms with Crippen molar-refractivity contribution in [3.05, 3.63) is 0 Å². The molecular weight excluding hydrogens is 300 g/mol. The van der Waals surface area contributed by atoms with E-state index in [0.717, 1.165) is 19.3 Å². The van der Waals surface area contributed by atoms with Crippen molar-refractivity contribution in [1.29, 1.82) is 0 Å². The van der Waals surface area contributed by atoms with Gasteiger partial charge in [0.25, 0.3) is 10.1 Å². The first kappa shape index (κ1) is 21.9. The first-order valence-corrected chi connectivity index (χ1v) is 10.6. The summed E-state index contributed by atoms with van der Waals surface area (Å²) in [5.41, 5.74) is 0. The van der Waals surface area contributed by atoms with Crippen LogP contribution in [0.3, 0.4) is 0 Å². The van der Waals surface area contributed by atoms with Gasteiger partial charge in [0.05, 0.1) is 11.4 Å². The van der Waals surface area contributed by atoms with Crippen LogP contribution in [0.5, 0.6) is 0 Å². The highest BCUT2D eigenvalue weighted by atomic mass is 32.2. The SMILES string of the molecule is CCCCCCCCCCCC(O)CCC(CC)S(=O)(=O)O. The first-order valence-electron chi connectivity index (χ1n) is 9.06. The fraction of sp³-hybridized carbons (Fsp3) is 1.00. The highest BCUT2D eigenvalue weighted by Gasteiger charge is 2.21. The smallest absolute Gasteiger partial charge is 0.267 e. The van der Waals surface area contributed by atoms with E-state index in [0.29, 0.717) is 19.3 Å². The van der Waals surface area contributed by atoms with Crippen molar-refractivity contribution in [1.82, 2.24) is 0 Å². The van der Waals surface area contributed by atoms with Gasteiger partial charge in [-0.05, 0) is 25.7 Å². The van der Waals surface area contributed by atoms with Crippen molar-refractivity contribution < 1.29 is 18.1 Å². The maximum Gasteiger partial charge on any atom is 0.267 e. The summed E-state index contributed by atoms with van der Waals surface area (Å²) in [6.45, 7) is 3.97. The Morgan fingerprint density at radius 3 is 1.73 bits per heavy atom. The molecular formula is C17H36O4S. The van der Waals surface area contributed by atoms with Gasteiger partial charge in [0.2, 0.25) is 0 Å². The van der Waals surface area contributed by atoms with E-state index in [9.17, 15) is 13.5 Å². The van der Waals surface area contributed by atoms with Crippen LogP contribution in [0.1, 0.15) is 97.3 Å². The Morgan fingerprint density at radius 2 is 1.27 bits per heavy atom. The molecule has 2 atom stereocenters. The Morgan fingerprint density at radius 1 is 0.773 bits per heavy atom. The monoisotopic (exact) mass is 336 g/mol. The zero-order chi connectivity index (χ0) is 16.8. The molecule has 0 saturated carbocycles. The predicted octanol–water partition coefficient (Wildman–Crippen LogP) is 4.71. The van der Waals surface area contributed by atoms with E-state index in [-0.39, 0.29) is 0 Å². The van der Waals surface area contributed by atoms with E-state index in [4.69, 9.17) is 4.55 Å². The maximum atomic E-state index is 11.1. The summed E-state index contributed by atoms with van der Waals surface area (Å²) in [4.78, 5) is 0. The average molecular weight is 337 g/mol. The normalized spacial score (nSPS) is 14.9. The molecule has 134 valence electrons. The highest BCUT2D eigenvalue weighted by molar-refractivity contribution is 7.86. The van der Waals surface area contributed by atoms with Gasteiger partial charge in [-0.2, -0.15) is 8.42 Å². The molecule has 0 heterocycles. The third-order valence-corrected chi connectivity index (χ3v) is 5.75. The summed E-state index contributed by atoms with van der Waals surface area (Å²) in [6.07, 6.45) is 12.7. The zero-order valence-electron chi connectivity index (χ0n) is 14.5. The van der Waals surface area contributed by atoms with Crippen molar-refractivity contribution in [3.63, 3.8) is 0 Å². The van der Waals surface area contributed by atoms with E-state index in [1.165, 1.54) is 44.9 Å². The van der Waals surface area contributed by atoms with Gasteiger partial charge in [-0.3, -0.25) is 4.55 Å². The van der Waals surface area contributed by atoms with Gasteiger partial charge in [0, 0.05) is 0 Å². The molecule has 4 nitrogen and oxygen atoms in total. The third kappa shape index (κ3) is 12.4. The average Bonchev–Trinajstić information content (AvgIpc) is 2.44. The molecule has 2 N–H and O–H groups in total. The molecule has 0 aliphatic carbocycles. The standard InChI is InChI=1S/C17H36O4S/c1-3-5-6-7-8-9-10-11-12-13-16(18)14-15-17(4-2)22(19,20)21/h16-18H,3-15H2,1-2H3,(H,19,20,21). The van der Waals surface area contributed by atoms with E-state index in [1.807, 2.05) is 0 Å². The Labute approximate surface area is 137 Å². The van der Waals surface area contributed by atoms with Crippen LogP contribution in [0.15, 0.2) is 0 Å². The molecule has 2 unspecified atom stereocenters. The molecule has 0 radical (unpaired) electrons. The summed E-state index contributed by atoms with van der Waals surface area (Å²) in [5, 5.41) is 9.15. The topological polar surface area (TPSA) is 74.6 Å². The van der Waals surface area contributed by atoms with Gasteiger partial charge in [0.15, 0.2) is 0 Å². The van der Waals surface area contributed by atoms with Crippen molar-refractivity contribution >= 4 is 10.1 Å². The molecule has 0 aliphatic heterocycles. The van der Waals surface area contributed by atoms with Gasteiger partial charge < -0.3 is 5.11 Å². The van der Waals surface area contributed by atoms with Crippen molar-refractivity contribution in [2.75, 3.05) is 0 Å². The number of aliphatic hydroxyl groups is 1. The molecule has 5 heteroatoms. The minimum absolute atomic E-state index is 0.341. The molecule has 0 amide bonds. The third-order valence-electron chi connectivity index (χ3n) is 4.34. The highest BCUT2D eigenvalue weighted by Crippen LogP contribution is 2.16. The first-order chi connectivity index (χ1) is 10.4. The van der Waals surface area contributed by atoms with Crippen molar-refractivity contribution in [3.8, 4) is 0 Å². The van der Waals surface area contributed by atoms with Crippen LogP contribution >= 0.6 is 0 Å². The second-order valence-corrected chi connectivity index (χ2v) is 8.09. The zero-order valence-corrected chi connectivity index (χ0v) is 15.3. The summed E-state index contributed by atoms with van der Waals surface area (Å²) in [6, 6.07) is 0. The lowest BCUT2D eigenvalue weighted by Crippen LogP contribution is -2.21. The van der Waals surface area contributed by atoms with Crippen LogP contribution in [-0.2, 0) is 10.1 Å². The van der Waals surface area contributed by atoms with Crippen LogP contribution in [0.2, 0.25) is 0 Å². The second kappa shape index (κ2) is 13.3. The molecule has 0 aliphatic rings. The summed E-state index contributed by atoms with van der Waals surface area (Å²) in [7, 11) is -3.96. The van der Waals surface area contributed by atoms with Gasteiger partial charge in [-0.25, -0.2) is 0 Å². The molecule has 0 bridgehead atoms. The fourth-order valence-corrected chi connectivity index (χ4v) is 3.63. The molecule has 0 aromatic heterocycles. The fourth-order valence-electron chi connectivity index (χ4n) is 2.78. The van der Waals surface area contributed by atoms with E-state index in [2.05, 4.69) is 6.92 Å². The summed E-state index contributed by atoms with van der Waals surface area (Å²) < 4.78 is 31.2. The predicted molar refractivity (Wildman–Crippen MR) is 92.7 cm³/mol. The molecule has 22 heavy (non-hydrogen) atoms. The second-order valence-electron chi connectivity index (χ2n) is 6.39.